The molecule has 0 spiro atoms. The zero-order chi connectivity index (χ0) is 32.5. The van der Waals surface area contributed by atoms with E-state index >= 15 is 0 Å². The van der Waals surface area contributed by atoms with Gasteiger partial charge in [0.2, 0.25) is 0 Å². The van der Waals surface area contributed by atoms with E-state index in [2.05, 4.69) is 37.6 Å². The second-order valence-electron chi connectivity index (χ2n) is 12.6. The Morgan fingerprint density at radius 2 is 1.82 bits per heavy atom. The Bertz CT molecular complexity index is 1810. The van der Waals surface area contributed by atoms with Gasteiger partial charge in [-0.3, -0.25) is 14.3 Å². The molecule has 236 valence electrons. The summed E-state index contributed by atoms with van der Waals surface area (Å²) < 4.78 is 45.8. The molecule has 0 aliphatic heterocycles. The van der Waals surface area contributed by atoms with Crippen molar-refractivity contribution in [1.29, 1.82) is 5.26 Å². The molecule has 1 N–H and O–H groups in total. The van der Waals surface area contributed by atoms with E-state index in [0.29, 0.717) is 27.8 Å². The van der Waals surface area contributed by atoms with Crippen LogP contribution in [0.3, 0.4) is 0 Å². The smallest absolute Gasteiger partial charge is 0.349 e. The molecule has 0 saturated heterocycles. The maximum Gasteiger partial charge on any atom is 0.416 e. The number of likely N-dealkylation sites (N-methyl/N-ethyl adjacent to an activating group) is 1. The van der Waals surface area contributed by atoms with Crippen molar-refractivity contribution in [2.45, 2.75) is 50.7 Å². The second kappa shape index (κ2) is 12.4. The number of nitrogens with zero attached hydrogens (tertiary/aromatic N) is 6. The lowest BCUT2D eigenvalue weighted by molar-refractivity contribution is -0.870. The van der Waals surface area contributed by atoms with Crippen LogP contribution < -0.4 is 10.9 Å². The van der Waals surface area contributed by atoms with Crippen LogP contribution in [0.25, 0.3) is 22.8 Å². The third-order valence-electron chi connectivity index (χ3n) is 8.23. The van der Waals surface area contributed by atoms with E-state index in [1.165, 1.54) is 16.8 Å². The average molecular weight is 621 g/mol. The predicted octanol–water partition coefficient (Wildman–Crippen LogP) is 5.23. The molecule has 5 rings (SSSR count). The molecule has 1 aliphatic carbocycles. The first kappa shape index (κ1) is 31.8. The number of nitrogens with one attached hydrogen (secondary N) is 1. The number of nitriles is 1. The number of rotatable bonds is 8. The first-order valence-corrected chi connectivity index (χ1v) is 15.0. The number of aromatic nitrogens is 4. The Morgan fingerprint density at radius 1 is 1.09 bits per heavy atom. The van der Waals surface area contributed by atoms with Crippen LogP contribution in [0.2, 0.25) is 0 Å². The first-order valence-electron chi connectivity index (χ1n) is 15.0. The molecular weight excluding hydrogens is 583 g/mol. The number of alkyl halides is 3. The number of benzene rings is 2. The Hall–Kier alpha value is -4.63. The van der Waals surface area contributed by atoms with Gasteiger partial charge in [-0.05, 0) is 60.9 Å². The summed E-state index contributed by atoms with van der Waals surface area (Å²) in [5.74, 6) is -0.582. The van der Waals surface area contributed by atoms with E-state index in [1.54, 1.807) is 42.2 Å². The fourth-order valence-corrected chi connectivity index (χ4v) is 5.91. The molecule has 9 nitrogen and oxygen atoms in total. The van der Waals surface area contributed by atoms with Gasteiger partial charge in [-0.15, -0.1) is 0 Å². The van der Waals surface area contributed by atoms with Gasteiger partial charge in [0.15, 0.2) is 0 Å². The van der Waals surface area contributed by atoms with E-state index in [9.17, 15) is 28.0 Å². The number of carbonyl (C=O) groups is 1. The van der Waals surface area contributed by atoms with Gasteiger partial charge in [0, 0.05) is 19.5 Å². The normalized spacial score (nSPS) is 14.4. The van der Waals surface area contributed by atoms with Crippen LogP contribution in [0.1, 0.15) is 59.2 Å². The SMILES string of the molecule is Cn1c(-c2ccnn2-c2ccc(C#N)cc2CC[N+](C)(C)C)c(C(=O)NC2CCCCC2)c(=O)n1-c1cccc(C(F)(F)F)c1. The fraction of sp³-hybridized carbons (Fsp3) is 0.394. The molecule has 4 aromatic rings. The first-order chi connectivity index (χ1) is 21.3. The number of hydrogen-bond acceptors (Lipinski definition) is 4. The molecule has 2 aromatic heterocycles. The van der Waals surface area contributed by atoms with Crippen molar-refractivity contribution in [2.24, 2.45) is 7.05 Å². The average Bonchev–Trinajstić information content (AvgIpc) is 3.57. The minimum Gasteiger partial charge on any atom is -0.349 e. The van der Waals surface area contributed by atoms with Crippen molar-refractivity contribution in [3.63, 3.8) is 0 Å². The molecule has 0 atom stereocenters. The lowest BCUT2D eigenvalue weighted by atomic mass is 9.95. The van der Waals surface area contributed by atoms with Crippen molar-refractivity contribution in [3.05, 3.63) is 87.3 Å². The second-order valence-corrected chi connectivity index (χ2v) is 12.6. The highest BCUT2D eigenvalue weighted by atomic mass is 19.4. The molecule has 0 radical (unpaired) electrons. The third kappa shape index (κ3) is 6.73. The highest BCUT2D eigenvalue weighted by Gasteiger charge is 2.33. The fourth-order valence-electron chi connectivity index (χ4n) is 5.91. The molecule has 1 saturated carbocycles. The minimum atomic E-state index is -4.62. The number of halogens is 3. The molecule has 0 bridgehead atoms. The predicted molar refractivity (Wildman–Crippen MR) is 164 cm³/mol. The summed E-state index contributed by atoms with van der Waals surface area (Å²) in [6.07, 6.45) is 2.11. The quantitative estimate of drug-likeness (QED) is 0.273. The Kier molecular flexibility index (Phi) is 8.76. The number of quaternary nitrogens is 1. The lowest BCUT2D eigenvalue weighted by Crippen LogP contribution is -2.38. The van der Waals surface area contributed by atoms with Crippen molar-refractivity contribution >= 4 is 5.91 Å². The van der Waals surface area contributed by atoms with E-state index in [1.807, 2.05) is 0 Å². The highest BCUT2D eigenvalue weighted by molar-refractivity contribution is 6.00. The van der Waals surface area contributed by atoms with Gasteiger partial charge >= 0.3 is 6.18 Å². The molecule has 12 heteroatoms. The van der Waals surface area contributed by atoms with Crippen molar-refractivity contribution in [3.8, 4) is 28.8 Å². The summed E-state index contributed by atoms with van der Waals surface area (Å²) in [6, 6.07) is 13.5. The molecule has 0 unspecified atom stereocenters. The largest absolute Gasteiger partial charge is 0.416 e. The van der Waals surface area contributed by atoms with Crippen LogP contribution in [0.15, 0.2) is 59.5 Å². The Balaban J connectivity index is 1.71. The van der Waals surface area contributed by atoms with Gasteiger partial charge in [-0.1, -0.05) is 25.3 Å². The standard InChI is InChI=1S/C33H36F3N7O2/c1-40-30(28-15-17-38-41(28)27-14-13-22(21-37)19-23(27)16-18-43(2,3)4)29(31(44)39-25-10-6-5-7-11-25)32(45)42(40)26-12-8-9-24(20-26)33(34,35)36/h8-9,12-15,17,19-20,25H,5-7,10-11,16,18H2,1-4H3/p+1. The molecule has 2 heterocycles. The van der Waals surface area contributed by atoms with E-state index in [0.717, 1.165) is 61.0 Å². The molecular formula is C33H37F3N7O2+. The summed E-state index contributed by atoms with van der Waals surface area (Å²) in [4.78, 5) is 28.0. The summed E-state index contributed by atoms with van der Waals surface area (Å²) in [7, 11) is 7.74. The molecule has 45 heavy (non-hydrogen) atoms. The van der Waals surface area contributed by atoms with Gasteiger partial charge in [-0.25, -0.2) is 9.36 Å². The van der Waals surface area contributed by atoms with Crippen LogP contribution >= 0.6 is 0 Å². The van der Waals surface area contributed by atoms with Gasteiger partial charge in [0.25, 0.3) is 11.5 Å². The summed E-state index contributed by atoms with van der Waals surface area (Å²) in [6.45, 7) is 0.762. The van der Waals surface area contributed by atoms with Crippen LogP contribution in [0.4, 0.5) is 13.2 Å². The van der Waals surface area contributed by atoms with Crippen LogP contribution in [0, 0.1) is 11.3 Å². The number of hydrogen-bond donors (Lipinski definition) is 1. The van der Waals surface area contributed by atoms with E-state index < -0.39 is 23.2 Å². The zero-order valence-electron chi connectivity index (χ0n) is 25.9. The highest BCUT2D eigenvalue weighted by Crippen LogP contribution is 2.32. The van der Waals surface area contributed by atoms with E-state index in [-0.39, 0.29) is 23.0 Å². The number of amides is 1. The van der Waals surface area contributed by atoms with Crippen LogP contribution in [0.5, 0.6) is 0 Å². The monoisotopic (exact) mass is 620 g/mol. The topological polar surface area (TPSA) is 97.6 Å². The molecule has 1 aliphatic rings. The van der Waals surface area contributed by atoms with Gasteiger partial charge < -0.3 is 9.80 Å². The summed E-state index contributed by atoms with van der Waals surface area (Å²) in [5, 5.41) is 17.2. The van der Waals surface area contributed by atoms with Gasteiger partial charge in [-0.2, -0.15) is 23.5 Å². The minimum absolute atomic E-state index is 0.0247. The molecule has 1 fully saturated rings. The Morgan fingerprint density at radius 3 is 2.49 bits per heavy atom. The summed E-state index contributed by atoms with van der Waals surface area (Å²) in [5.41, 5.74) is 0.774. The van der Waals surface area contributed by atoms with Crippen molar-refractivity contribution in [1.82, 2.24) is 24.5 Å². The zero-order valence-corrected chi connectivity index (χ0v) is 25.9. The number of carbonyl (C=O) groups excluding carboxylic acids is 1. The maximum absolute atomic E-state index is 14.1. The van der Waals surface area contributed by atoms with Crippen molar-refractivity contribution < 1.29 is 22.4 Å². The lowest BCUT2D eigenvalue weighted by Gasteiger charge is -2.24. The molecule has 2 aromatic carbocycles. The van der Waals surface area contributed by atoms with Gasteiger partial charge in [0.1, 0.15) is 11.3 Å². The van der Waals surface area contributed by atoms with Gasteiger partial charge in [0.05, 0.1) is 68.1 Å². The van der Waals surface area contributed by atoms with Crippen LogP contribution in [-0.2, 0) is 19.6 Å². The Labute approximate surface area is 259 Å². The third-order valence-corrected chi connectivity index (χ3v) is 8.23. The van der Waals surface area contributed by atoms with E-state index in [4.69, 9.17) is 0 Å². The van der Waals surface area contributed by atoms with Crippen molar-refractivity contribution in [2.75, 3.05) is 27.7 Å². The maximum atomic E-state index is 14.1. The van der Waals surface area contributed by atoms with Crippen LogP contribution in [-0.4, -0.2) is 63.3 Å². The molecule has 1 amide bonds. The summed E-state index contributed by atoms with van der Waals surface area (Å²) >= 11 is 0.